The van der Waals surface area contributed by atoms with Crippen LogP contribution in [0.15, 0.2) is 17.5 Å². The number of hydrogen-bond acceptors (Lipinski definition) is 3. The predicted octanol–water partition coefficient (Wildman–Crippen LogP) is 1.22. The molecule has 0 aliphatic rings. The Morgan fingerprint density at radius 2 is 2.43 bits per heavy atom. The second-order valence-corrected chi connectivity index (χ2v) is 4.29. The van der Waals surface area contributed by atoms with Crippen molar-refractivity contribution in [2.75, 3.05) is 13.6 Å². The van der Waals surface area contributed by atoms with Gasteiger partial charge in [-0.05, 0) is 18.5 Å². The van der Waals surface area contributed by atoms with E-state index in [1.165, 1.54) is 4.88 Å². The fourth-order valence-corrected chi connectivity index (χ4v) is 1.81. The molecule has 1 rings (SSSR count). The molecule has 1 atom stereocenters. The highest BCUT2D eigenvalue weighted by Crippen LogP contribution is 2.07. The topological polar surface area (TPSA) is 41.1 Å². The second-order valence-electron chi connectivity index (χ2n) is 3.26. The highest BCUT2D eigenvalue weighted by atomic mass is 32.1. The van der Waals surface area contributed by atoms with Crippen LogP contribution >= 0.6 is 11.3 Å². The standard InChI is InChI=1S/C10H16N2OS/c1-8(6-11-2)10(13)12-7-9-4-3-5-14-9/h3-5,8,11H,6-7H2,1-2H3,(H,12,13). The van der Waals surface area contributed by atoms with Crippen LogP contribution in [0.5, 0.6) is 0 Å². The van der Waals surface area contributed by atoms with Gasteiger partial charge in [0.05, 0.1) is 6.54 Å². The van der Waals surface area contributed by atoms with Gasteiger partial charge in [0.25, 0.3) is 0 Å². The number of nitrogens with one attached hydrogen (secondary N) is 2. The van der Waals surface area contributed by atoms with E-state index in [2.05, 4.69) is 10.6 Å². The summed E-state index contributed by atoms with van der Waals surface area (Å²) in [6.07, 6.45) is 0. The van der Waals surface area contributed by atoms with E-state index < -0.39 is 0 Å². The minimum atomic E-state index is 0.0277. The van der Waals surface area contributed by atoms with E-state index in [0.717, 1.165) is 6.54 Å². The molecule has 3 nitrogen and oxygen atoms in total. The number of rotatable bonds is 5. The van der Waals surface area contributed by atoms with Crippen LogP contribution in [0.4, 0.5) is 0 Å². The van der Waals surface area contributed by atoms with E-state index in [1.54, 1.807) is 11.3 Å². The Morgan fingerprint density at radius 1 is 1.64 bits per heavy atom. The monoisotopic (exact) mass is 212 g/mol. The fraction of sp³-hybridized carbons (Fsp3) is 0.500. The lowest BCUT2D eigenvalue weighted by molar-refractivity contribution is -0.124. The van der Waals surface area contributed by atoms with Gasteiger partial charge in [-0.25, -0.2) is 0 Å². The van der Waals surface area contributed by atoms with Crippen molar-refractivity contribution in [2.24, 2.45) is 5.92 Å². The summed E-state index contributed by atoms with van der Waals surface area (Å²) in [7, 11) is 1.85. The number of carbonyl (C=O) groups is 1. The molecule has 0 aromatic carbocycles. The SMILES string of the molecule is CNCC(C)C(=O)NCc1cccs1. The summed E-state index contributed by atoms with van der Waals surface area (Å²) in [5.74, 6) is 0.132. The van der Waals surface area contributed by atoms with Gasteiger partial charge in [0.2, 0.25) is 5.91 Å². The number of thiophene rings is 1. The van der Waals surface area contributed by atoms with Gasteiger partial charge < -0.3 is 10.6 Å². The van der Waals surface area contributed by atoms with Crippen molar-refractivity contribution < 1.29 is 4.79 Å². The first-order chi connectivity index (χ1) is 6.74. The Hall–Kier alpha value is -0.870. The normalized spacial score (nSPS) is 12.4. The largest absolute Gasteiger partial charge is 0.351 e. The fourth-order valence-electron chi connectivity index (χ4n) is 1.16. The molecule has 0 aliphatic heterocycles. The molecule has 2 N–H and O–H groups in total. The van der Waals surface area contributed by atoms with E-state index in [0.29, 0.717) is 6.54 Å². The summed E-state index contributed by atoms with van der Waals surface area (Å²) in [5.41, 5.74) is 0. The Balaban J connectivity index is 2.27. The highest BCUT2D eigenvalue weighted by molar-refractivity contribution is 7.09. The summed E-state index contributed by atoms with van der Waals surface area (Å²) in [6, 6.07) is 4.01. The zero-order valence-electron chi connectivity index (χ0n) is 8.54. The molecule has 0 fully saturated rings. The zero-order valence-corrected chi connectivity index (χ0v) is 9.36. The van der Waals surface area contributed by atoms with Crippen molar-refractivity contribution >= 4 is 17.2 Å². The molecule has 0 aliphatic carbocycles. The predicted molar refractivity (Wildman–Crippen MR) is 59.3 cm³/mol. The molecule has 0 radical (unpaired) electrons. The lowest BCUT2D eigenvalue weighted by atomic mass is 10.1. The van der Waals surface area contributed by atoms with E-state index in [1.807, 2.05) is 31.5 Å². The van der Waals surface area contributed by atoms with Crippen LogP contribution < -0.4 is 10.6 Å². The first kappa shape index (κ1) is 11.2. The number of hydrogen-bond donors (Lipinski definition) is 2. The molecule has 14 heavy (non-hydrogen) atoms. The first-order valence-electron chi connectivity index (χ1n) is 4.68. The van der Waals surface area contributed by atoms with Crippen molar-refractivity contribution in [1.29, 1.82) is 0 Å². The maximum Gasteiger partial charge on any atom is 0.224 e. The number of carbonyl (C=O) groups excluding carboxylic acids is 1. The van der Waals surface area contributed by atoms with Gasteiger partial charge in [0.1, 0.15) is 0 Å². The summed E-state index contributed by atoms with van der Waals surface area (Å²) in [5, 5.41) is 7.90. The Bertz CT molecular complexity index is 272. The van der Waals surface area contributed by atoms with Gasteiger partial charge in [0.15, 0.2) is 0 Å². The lowest BCUT2D eigenvalue weighted by Crippen LogP contribution is -2.33. The maximum atomic E-state index is 11.5. The Labute approximate surface area is 88.5 Å². The van der Waals surface area contributed by atoms with Crippen molar-refractivity contribution in [3.63, 3.8) is 0 Å². The van der Waals surface area contributed by atoms with Crippen LogP contribution in [0.25, 0.3) is 0 Å². The van der Waals surface area contributed by atoms with Crippen molar-refractivity contribution in [3.8, 4) is 0 Å². The van der Waals surface area contributed by atoms with Crippen LogP contribution in [0, 0.1) is 5.92 Å². The maximum absolute atomic E-state index is 11.5. The van der Waals surface area contributed by atoms with Crippen LogP contribution in [0.3, 0.4) is 0 Å². The second kappa shape index (κ2) is 5.78. The van der Waals surface area contributed by atoms with Gasteiger partial charge in [-0.2, -0.15) is 0 Å². The molecule has 1 heterocycles. The van der Waals surface area contributed by atoms with Crippen LogP contribution in [0.1, 0.15) is 11.8 Å². The summed E-state index contributed by atoms with van der Waals surface area (Å²) in [4.78, 5) is 12.7. The molecule has 78 valence electrons. The van der Waals surface area contributed by atoms with Crippen LogP contribution in [-0.2, 0) is 11.3 Å². The van der Waals surface area contributed by atoms with Gasteiger partial charge >= 0.3 is 0 Å². The summed E-state index contributed by atoms with van der Waals surface area (Å²) in [6.45, 7) is 3.28. The molecule has 0 spiro atoms. The minimum absolute atomic E-state index is 0.0277. The summed E-state index contributed by atoms with van der Waals surface area (Å²) < 4.78 is 0. The van der Waals surface area contributed by atoms with Crippen molar-refractivity contribution in [2.45, 2.75) is 13.5 Å². The van der Waals surface area contributed by atoms with E-state index in [9.17, 15) is 4.79 Å². The van der Waals surface area contributed by atoms with E-state index >= 15 is 0 Å². The third kappa shape index (κ3) is 3.47. The molecule has 1 aromatic heterocycles. The molecule has 1 aromatic rings. The number of amides is 1. The van der Waals surface area contributed by atoms with E-state index in [-0.39, 0.29) is 11.8 Å². The van der Waals surface area contributed by atoms with Crippen molar-refractivity contribution in [3.05, 3.63) is 22.4 Å². The Morgan fingerprint density at radius 3 is 3.00 bits per heavy atom. The molecular formula is C10H16N2OS. The average Bonchev–Trinajstić information content (AvgIpc) is 2.67. The molecular weight excluding hydrogens is 196 g/mol. The van der Waals surface area contributed by atoms with Gasteiger partial charge in [-0.3, -0.25) is 4.79 Å². The average molecular weight is 212 g/mol. The smallest absolute Gasteiger partial charge is 0.224 e. The van der Waals surface area contributed by atoms with Gasteiger partial charge in [0, 0.05) is 17.3 Å². The van der Waals surface area contributed by atoms with Crippen LogP contribution in [0.2, 0.25) is 0 Å². The first-order valence-corrected chi connectivity index (χ1v) is 5.56. The summed E-state index contributed by atoms with van der Waals surface area (Å²) >= 11 is 1.66. The lowest BCUT2D eigenvalue weighted by Gasteiger charge is -2.10. The van der Waals surface area contributed by atoms with Gasteiger partial charge in [-0.15, -0.1) is 11.3 Å². The Kier molecular flexibility index (Phi) is 4.62. The van der Waals surface area contributed by atoms with Gasteiger partial charge in [-0.1, -0.05) is 13.0 Å². The quantitative estimate of drug-likeness (QED) is 0.770. The third-order valence-corrected chi connectivity index (χ3v) is 2.85. The molecule has 0 bridgehead atoms. The van der Waals surface area contributed by atoms with E-state index in [4.69, 9.17) is 0 Å². The molecule has 4 heteroatoms. The highest BCUT2D eigenvalue weighted by Gasteiger charge is 2.10. The van der Waals surface area contributed by atoms with Crippen molar-refractivity contribution in [1.82, 2.24) is 10.6 Å². The molecule has 0 saturated heterocycles. The van der Waals surface area contributed by atoms with Crippen LogP contribution in [-0.4, -0.2) is 19.5 Å². The molecule has 1 amide bonds. The minimum Gasteiger partial charge on any atom is -0.351 e. The zero-order chi connectivity index (χ0) is 10.4. The third-order valence-electron chi connectivity index (χ3n) is 1.97. The molecule has 0 saturated carbocycles. The molecule has 1 unspecified atom stereocenters.